The van der Waals surface area contributed by atoms with E-state index in [4.69, 9.17) is 38.7 Å². The van der Waals surface area contributed by atoms with Crippen molar-refractivity contribution in [3.8, 4) is 0 Å². The van der Waals surface area contributed by atoms with Gasteiger partial charge in [-0.2, -0.15) is 0 Å². The number of nitrogens with one attached hydrogen (secondary N) is 1. The summed E-state index contributed by atoms with van der Waals surface area (Å²) >= 11 is 0. The summed E-state index contributed by atoms with van der Waals surface area (Å²) in [5.74, 6) is 0. The average Bonchev–Trinajstić information content (AvgIpc) is 2.74. The number of aryl methyl sites for hydroxylation is 2. The van der Waals surface area contributed by atoms with Crippen LogP contribution in [-0.4, -0.2) is 64.9 Å². The first-order valence-electron chi connectivity index (χ1n) is 8.03. The highest BCUT2D eigenvalue weighted by atomic mass is 14.9. The minimum Gasteiger partial charge on any atom is -0.355 e. The fourth-order valence-electron chi connectivity index (χ4n) is 2.65. The number of hydrogen-bond acceptors (Lipinski definition) is 1. The first-order valence-corrected chi connectivity index (χ1v) is 8.03. The summed E-state index contributed by atoms with van der Waals surface area (Å²) in [4.78, 5) is 0. The molecule has 3 rings (SSSR count). The van der Waals surface area contributed by atoms with Gasteiger partial charge in [0.2, 0.25) is 0 Å². The highest BCUT2D eigenvalue weighted by Crippen LogP contribution is 2.29. The molecule has 0 spiro atoms. The van der Waals surface area contributed by atoms with Crippen molar-refractivity contribution in [3.63, 3.8) is 0 Å². The fraction of sp³-hybridized carbons (Fsp3) is 0.143. The number of benzene rings is 2. The maximum absolute atomic E-state index is 5.25. The van der Waals surface area contributed by atoms with Crippen LogP contribution < -0.4 is 5.32 Å². The molecule has 0 bridgehead atoms. The minimum absolute atomic E-state index is 0.315. The lowest BCUT2D eigenvalue weighted by atomic mass is 8.64. The van der Waals surface area contributed by atoms with E-state index in [1.54, 1.807) is 0 Å². The average molecular weight is 293 g/mol. The van der Waals surface area contributed by atoms with E-state index >= 15 is 0 Å². The Morgan fingerprint density at radius 2 is 1.17 bits per heavy atom. The summed E-state index contributed by atoms with van der Waals surface area (Å²) in [6, 6.07) is 17.1. The molecule has 11 radical (unpaired) electrons. The van der Waals surface area contributed by atoms with E-state index < -0.39 is 12.8 Å². The molecule has 0 unspecified atom stereocenters. The maximum atomic E-state index is 5.25. The van der Waals surface area contributed by atoms with Crippen LogP contribution in [0.3, 0.4) is 0 Å². The van der Waals surface area contributed by atoms with Crippen molar-refractivity contribution >= 4 is 76.3 Å². The summed E-state index contributed by atoms with van der Waals surface area (Å²) in [5, 5.41) is 3.50. The molecule has 0 saturated carbocycles. The monoisotopic (exact) mass is 294 g/mol. The molecule has 1 aliphatic rings. The second kappa shape index (κ2) is 9.34. The van der Waals surface area contributed by atoms with E-state index in [0.29, 0.717) is 0 Å². The maximum Gasteiger partial charge on any atom is 0.0416 e. The summed E-state index contributed by atoms with van der Waals surface area (Å²) in [6.45, 7) is 0. The molecule has 0 saturated heterocycles. The van der Waals surface area contributed by atoms with Crippen molar-refractivity contribution in [1.29, 1.82) is 0 Å². The Bertz CT molecular complexity index is 596. The highest BCUT2D eigenvalue weighted by molar-refractivity contribution is 7.93. The van der Waals surface area contributed by atoms with Crippen LogP contribution in [0.1, 0.15) is 11.1 Å². The molecule has 0 amide bonds. The van der Waals surface area contributed by atoms with Gasteiger partial charge in [0, 0.05) is 76.3 Å². The smallest absolute Gasteiger partial charge is 0.0416 e. The molecular formula is C14H13B9N. The Labute approximate surface area is 154 Å². The molecule has 1 heterocycles. The van der Waals surface area contributed by atoms with Gasteiger partial charge in [0.1, 0.15) is 0 Å². The second-order valence-corrected chi connectivity index (χ2v) is 5.86. The van der Waals surface area contributed by atoms with Crippen molar-refractivity contribution in [1.82, 2.24) is 0 Å². The van der Waals surface area contributed by atoms with Crippen molar-refractivity contribution in [2.24, 2.45) is 0 Å². The van der Waals surface area contributed by atoms with E-state index in [9.17, 15) is 0 Å². The van der Waals surface area contributed by atoms with Crippen LogP contribution in [0.25, 0.3) is 0 Å². The molecule has 2 aromatic carbocycles. The molecule has 101 valence electrons. The predicted molar refractivity (Wildman–Crippen MR) is 115 cm³/mol. The van der Waals surface area contributed by atoms with E-state index in [0.717, 1.165) is 12.8 Å². The van der Waals surface area contributed by atoms with Gasteiger partial charge in [0.25, 0.3) is 0 Å². The number of para-hydroxylation sites is 2. The first kappa shape index (κ1) is 19.2. The van der Waals surface area contributed by atoms with Crippen LogP contribution in [0.5, 0.6) is 0 Å². The first-order chi connectivity index (χ1) is 11.5. The molecular weight excluding hydrogens is 279 g/mol. The summed E-state index contributed by atoms with van der Waals surface area (Å²) in [6.07, 6.45) is 0.787. The molecule has 0 aromatic heterocycles. The van der Waals surface area contributed by atoms with Crippen LogP contribution >= 0.6 is 0 Å². The van der Waals surface area contributed by atoms with Gasteiger partial charge >= 0.3 is 0 Å². The zero-order chi connectivity index (χ0) is 17.5. The van der Waals surface area contributed by atoms with E-state index in [-0.39, 0.29) is 6.39 Å². The summed E-state index contributed by atoms with van der Waals surface area (Å²) < 4.78 is 0. The third-order valence-electron chi connectivity index (χ3n) is 4.08. The summed E-state index contributed by atoms with van der Waals surface area (Å²) in [5.41, 5.74) is 5.33. The van der Waals surface area contributed by atoms with Crippen LogP contribution in [0.2, 0.25) is 0 Å². The second-order valence-electron chi connectivity index (χ2n) is 5.86. The summed E-state index contributed by atoms with van der Waals surface area (Å²) in [7, 11) is 27.5. The lowest BCUT2D eigenvalue weighted by Crippen LogP contribution is -2.55. The lowest BCUT2D eigenvalue weighted by Gasteiger charge is -2.17. The molecule has 2 aromatic rings. The Hall–Kier alpha value is -1.18. The van der Waals surface area contributed by atoms with Crippen molar-refractivity contribution < 1.29 is 0 Å². The molecule has 1 nitrogen and oxygen atoms in total. The van der Waals surface area contributed by atoms with E-state index in [1.807, 2.05) is 0 Å². The SMILES string of the molecule is [B][B]B(B([B])[B])B([B])[B].c1ccc2c(c1)CCc1ccccc1N2. The quantitative estimate of drug-likeness (QED) is 0.792. The van der Waals surface area contributed by atoms with Crippen LogP contribution in [-0.2, 0) is 12.8 Å². The van der Waals surface area contributed by atoms with Crippen LogP contribution in [0.4, 0.5) is 11.4 Å². The standard InChI is InChI=1S/C14H13N.B9/c1-3-7-13-11(5-1)9-10-12-6-2-4-8-14(12)15-13;1-6-9(7(2)3)8(4)5/h1-8,15H,9-10H2;. The van der Waals surface area contributed by atoms with E-state index in [1.165, 1.54) is 29.6 Å². The van der Waals surface area contributed by atoms with Crippen LogP contribution in [0.15, 0.2) is 48.5 Å². The third-order valence-corrected chi connectivity index (χ3v) is 4.08. The molecule has 24 heavy (non-hydrogen) atoms. The van der Waals surface area contributed by atoms with Crippen molar-refractivity contribution in [3.05, 3.63) is 59.7 Å². The van der Waals surface area contributed by atoms with Gasteiger partial charge in [-0.25, -0.2) is 0 Å². The predicted octanol–water partition coefficient (Wildman–Crippen LogP) is 0.102. The Kier molecular flexibility index (Phi) is 7.46. The van der Waals surface area contributed by atoms with Gasteiger partial charge in [0.05, 0.1) is 0 Å². The van der Waals surface area contributed by atoms with Crippen molar-refractivity contribution in [2.75, 3.05) is 5.32 Å². The number of rotatable bonds is 3. The lowest BCUT2D eigenvalue weighted by molar-refractivity contribution is 0.977. The van der Waals surface area contributed by atoms with Gasteiger partial charge in [0.15, 0.2) is 0 Å². The topological polar surface area (TPSA) is 12.0 Å². The molecule has 1 aliphatic heterocycles. The third kappa shape index (κ3) is 5.16. The van der Waals surface area contributed by atoms with Gasteiger partial charge in [-0.1, -0.05) is 36.4 Å². The molecule has 1 N–H and O–H groups in total. The number of hydrogen-bond donors (Lipinski definition) is 1. The van der Waals surface area contributed by atoms with E-state index in [2.05, 4.69) is 53.8 Å². The number of anilines is 2. The minimum atomic E-state index is -0.574. The fourth-order valence-corrected chi connectivity index (χ4v) is 2.65. The van der Waals surface area contributed by atoms with Gasteiger partial charge in [-0.3, -0.25) is 0 Å². The Morgan fingerprint density at radius 3 is 1.50 bits per heavy atom. The zero-order valence-corrected chi connectivity index (χ0v) is 13.7. The Balaban J connectivity index is 0.000000202. The normalized spacial score (nSPS) is 11.3. The van der Waals surface area contributed by atoms with Crippen molar-refractivity contribution in [2.45, 2.75) is 12.8 Å². The van der Waals surface area contributed by atoms with Gasteiger partial charge in [-0.05, 0) is 36.1 Å². The molecule has 0 atom stereocenters. The molecule has 10 heteroatoms. The zero-order valence-electron chi connectivity index (χ0n) is 13.7. The highest BCUT2D eigenvalue weighted by Gasteiger charge is 2.18. The molecule has 0 fully saturated rings. The largest absolute Gasteiger partial charge is 0.355 e. The van der Waals surface area contributed by atoms with Crippen LogP contribution in [0, 0.1) is 0 Å². The number of fused-ring (bicyclic) bond motifs is 2. The molecule has 0 aliphatic carbocycles. The van der Waals surface area contributed by atoms with Gasteiger partial charge < -0.3 is 5.32 Å². The Morgan fingerprint density at radius 1 is 0.750 bits per heavy atom. The van der Waals surface area contributed by atoms with Gasteiger partial charge in [-0.15, -0.1) is 0 Å².